The summed E-state index contributed by atoms with van der Waals surface area (Å²) in [4.78, 5) is 26.2. The maximum Gasteiger partial charge on any atom is 0.293 e. The van der Waals surface area contributed by atoms with Gasteiger partial charge in [0.15, 0.2) is 11.5 Å². The van der Waals surface area contributed by atoms with E-state index in [9.17, 15) is 14.7 Å². The number of aromatic hydroxyl groups is 1. The van der Waals surface area contributed by atoms with Crippen LogP contribution in [0.3, 0.4) is 0 Å². The number of imide groups is 1. The second-order valence-corrected chi connectivity index (χ2v) is 8.85. The molecule has 1 aliphatic rings. The summed E-state index contributed by atoms with van der Waals surface area (Å²) >= 11 is 13.4. The van der Waals surface area contributed by atoms with E-state index in [1.165, 1.54) is 13.2 Å². The molecule has 0 saturated carbocycles. The van der Waals surface area contributed by atoms with Crippen LogP contribution in [0.15, 0.2) is 44.2 Å². The minimum atomic E-state index is -0.454. The summed E-state index contributed by atoms with van der Waals surface area (Å²) in [5.74, 6) is 0.235. The van der Waals surface area contributed by atoms with Gasteiger partial charge in [-0.05, 0) is 80.0 Å². The van der Waals surface area contributed by atoms with Gasteiger partial charge in [-0.2, -0.15) is 0 Å². The van der Waals surface area contributed by atoms with E-state index < -0.39 is 11.1 Å². The number of amides is 2. The van der Waals surface area contributed by atoms with Crippen LogP contribution in [0.25, 0.3) is 6.08 Å². The highest BCUT2D eigenvalue weighted by atomic mass is 79.9. The van der Waals surface area contributed by atoms with Crippen molar-refractivity contribution in [2.24, 2.45) is 0 Å². The average Bonchev–Trinajstić information content (AvgIpc) is 2.96. The van der Waals surface area contributed by atoms with Crippen molar-refractivity contribution < 1.29 is 24.2 Å². The number of hydrogen-bond acceptors (Lipinski definition) is 6. The molecule has 0 aliphatic carbocycles. The predicted molar refractivity (Wildman–Crippen MR) is 120 cm³/mol. The Balaban J connectivity index is 1.75. The zero-order valence-electron chi connectivity index (χ0n) is 14.9. The van der Waals surface area contributed by atoms with E-state index in [4.69, 9.17) is 21.1 Å². The first-order valence-corrected chi connectivity index (χ1v) is 11.0. The number of hydrogen-bond donors (Lipinski definition) is 1. The molecule has 152 valence electrons. The lowest BCUT2D eigenvalue weighted by Crippen LogP contribution is -2.32. The highest BCUT2D eigenvalue weighted by Crippen LogP contribution is 2.43. The molecule has 0 unspecified atom stereocenters. The normalized spacial score (nSPS) is 15.3. The minimum Gasteiger partial charge on any atom is -0.504 e. The number of methoxy groups -OCH3 is 1. The molecular formula is C19H14Br2ClNO5S. The molecule has 2 amide bonds. The van der Waals surface area contributed by atoms with Gasteiger partial charge >= 0.3 is 0 Å². The van der Waals surface area contributed by atoms with Gasteiger partial charge in [-0.25, -0.2) is 0 Å². The first kappa shape index (κ1) is 22.0. The lowest BCUT2D eigenvalue weighted by Gasteiger charge is -2.13. The topological polar surface area (TPSA) is 76.1 Å². The van der Waals surface area contributed by atoms with Crippen LogP contribution in [0.5, 0.6) is 17.2 Å². The van der Waals surface area contributed by atoms with Gasteiger partial charge in [0.2, 0.25) is 0 Å². The second-order valence-electron chi connectivity index (χ2n) is 5.77. The van der Waals surface area contributed by atoms with E-state index in [1.54, 1.807) is 30.3 Å². The molecule has 1 saturated heterocycles. The number of carbonyl (C=O) groups excluding carboxylic acids is 2. The maximum absolute atomic E-state index is 12.7. The molecule has 2 aromatic rings. The lowest BCUT2D eigenvalue weighted by molar-refractivity contribution is -0.123. The number of benzene rings is 2. The molecule has 1 N–H and O–H groups in total. The van der Waals surface area contributed by atoms with E-state index in [1.807, 2.05) is 0 Å². The van der Waals surface area contributed by atoms with Crippen LogP contribution in [0, 0.1) is 0 Å². The number of phenolic OH excluding ortho intramolecular Hbond substituents is 1. The van der Waals surface area contributed by atoms with Crippen LogP contribution < -0.4 is 9.47 Å². The molecule has 0 spiro atoms. The largest absolute Gasteiger partial charge is 0.504 e. The van der Waals surface area contributed by atoms with E-state index in [-0.39, 0.29) is 29.6 Å². The van der Waals surface area contributed by atoms with Gasteiger partial charge in [0.05, 0.1) is 18.6 Å². The summed E-state index contributed by atoms with van der Waals surface area (Å²) in [7, 11) is 1.42. The van der Waals surface area contributed by atoms with E-state index in [2.05, 4.69) is 31.9 Å². The summed E-state index contributed by atoms with van der Waals surface area (Å²) in [6.07, 6.45) is 1.46. The number of carbonyl (C=O) groups is 2. The summed E-state index contributed by atoms with van der Waals surface area (Å²) < 4.78 is 11.9. The van der Waals surface area contributed by atoms with Crippen molar-refractivity contribution in [3.8, 4) is 17.2 Å². The van der Waals surface area contributed by atoms with Crippen LogP contribution in [0.4, 0.5) is 4.79 Å². The van der Waals surface area contributed by atoms with Gasteiger partial charge in [0.1, 0.15) is 12.4 Å². The summed E-state index contributed by atoms with van der Waals surface area (Å²) in [6, 6.07) is 8.39. The summed E-state index contributed by atoms with van der Waals surface area (Å²) in [6.45, 7) is 0.242. The number of rotatable bonds is 6. The fourth-order valence-electron chi connectivity index (χ4n) is 2.51. The van der Waals surface area contributed by atoms with Gasteiger partial charge in [0.25, 0.3) is 11.1 Å². The number of ether oxygens (including phenoxy) is 2. The zero-order valence-corrected chi connectivity index (χ0v) is 19.7. The predicted octanol–water partition coefficient (Wildman–Crippen LogP) is 5.69. The van der Waals surface area contributed by atoms with Gasteiger partial charge in [0, 0.05) is 19.5 Å². The number of halogens is 3. The third-order valence-electron chi connectivity index (χ3n) is 3.96. The standard InChI is InChI=1S/C19H14Br2ClNO5S/c1-27-14-9-13(20)16(21)12(17(14)24)8-15-18(25)23(19(26)29-15)6-7-28-11-4-2-10(22)3-5-11/h2-5,8-9,24H,6-7H2,1H3/b15-8-. The minimum absolute atomic E-state index is 0.0968. The Bertz CT molecular complexity index is 997. The first-order chi connectivity index (χ1) is 13.8. The smallest absolute Gasteiger partial charge is 0.293 e. The third kappa shape index (κ3) is 4.91. The van der Waals surface area contributed by atoms with Crippen LogP contribution >= 0.6 is 55.2 Å². The fraction of sp³-hybridized carbons (Fsp3) is 0.158. The van der Waals surface area contributed by atoms with Gasteiger partial charge in [-0.1, -0.05) is 11.6 Å². The lowest BCUT2D eigenvalue weighted by atomic mass is 10.1. The first-order valence-electron chi connectivity index (χ1n) is 8.20. The van der Waals surface area contributed by atoms with Gasteiger partial charge < -0.3 is 14.6 Å². The molecule has 10 heteroatoms. The van der Waals surface area contributed by atoms with E-state index in [0.29, 0.717) is 25.3 Å². The SMILES string of the molecule is COc1cc(Br)c(Br)c(/C=C2\SC(=O)N(CCOc3ccc(Cl)cc3)C2=O)c1O. The molecule has 1 fully saturated rings. The van der Waals surface area contributed by atoms with Crippen LogP contribution in [0.2, 0.25) is 5.02 Å². The van der Waals surface area contributed by atoms with Gasteiger partial charge in [-0.3, -0.25) is 14.5 Å². The Morgan fingerprint density at radius 1 is 1.24 bits per heavy atom. The zero-order chi connectivity index (χ0) is 21.1. The van der Waals surface area contributed by atoms with E-state index >= 15 is 0 Å². The molecule has 1 aliphatic heterocycles. The molecule has 6 nitrogen and oxygen atoms in total. The molecule has 1 heterocycles. The molecule has 0 radical (unpaired) electrons. The van der Waals surface area contributed by atoms with Crippen LogP contribution in [0.1, 0.15) is 5.56 Å². The van der Waals surface area contributed by atoms with Crippen molar-refractivity contribution in [2.45, 2.75) is 0 Å². The molecule has 3 rings (SSSR count). The Morgan fingerprint density at radius 3 is 2.59 bits per heavy atom. The summed E-state index contributed by atoms with van der Waals surface area (Å²) in [5, 5.41) is 10.6. The number of phenols is 1. The molecule has 0 aromatic heterocycles. The fourth-order valence-corrected chi connectivity index (χ4v) is 4.32. The molecule has 0 atom stereocenters. The number of thioether (sulfide) groups is 1. The Labute approximate surface area is 193 Å². The van der Waals surface area contributed by atoms with Crippen molar-refractivity contribution in [1.82, 2.24) is 4.90 Å². The quantitative estimate of drug-likeness (QED) is 0.455. The van der Waals surface area contributed by atoms with Crippen molar-refractivity contribution >= 4 is 72.4 Å². The van der Waals surface area contributed by atoms with Crippen LogP contribution in [-0.4, -0.2) is 41.4 Å². The average molecular weight is 564 g/mol. The molecular weight excluding hydrogens is 550 g/mol. The van der Waals surface area contributed by atoms with Crippen molar-refractivity contribution in [3.05, 3.63) is 54.8 Å². The molecule has 2 aromatic carbocycles. The monoisotopic (exact) mass is 561 g/mol. The molecule has 29 heavy (non-hydrogen) atoms. The number of nitrogens with zero attached hydrogens (tertiary/aromatic N) is 1. The Kier molecular flexibility index (Phi) is 7.15. The Hall–Kier alpha value is -1.68. The van der Waals surface area contributed by atoms with E-state index in [0.717, 1.165) is 16.7 Å². The third-order valence-corrected chi connectivity index (χ3v) is 7.13. The second kappa shape index (κ2) is 9.42. The maximum atomic E-state index is 12.7. The van der Waals surface area contributed by atoms with Crippen molar-refractivity contribution in [2.75, 3.05) is 20.3 Å². The van der Waals surface area contributed by atoms with Crippen LogP contribution in [-0.2, 0) is 4.79 Å². The van der Waals surface area contributed by atoms with Crippen molar-refractivity contribution in [1.29, 1.82) is 0 Å². The van der Waals surface area contributed by atoms with Crippen molar-refractivity contribution in [3.63, 3.8) is 0 Å². The Morgan fingerprint density at radius 2 is 1.93 bits per heavy atom. The van der Waals surface area contributed by atoms with Gasteiger partial charge in [-0.15, -0.1) is 0 Å². The highest BCUT2D eigenvalue weighted by Gasteiger charge is 2.35. The molecule has 0 bridgehead atoms. The highest BCUT2D eigenvalue weighted by molar-refractivity contribution is 9.13. The summed E-state index contributed by atoms with van der Waals surface area (Å²) in [5.41, 5.74) is 0.333.